The second-order valence-corrected chi connectivity index (χ2v) is 21.9. The van der Waals surface area contributed by atoms with Crippen molar-refractivity contribution in [2.75, 3.05) is 9.80 Å². The quantitative estimate of drug-likeness (QED) is 0.0527. The molecule has 394 valence electrons. The van der Waals surface area contributed by atoms with Crippen LogP contribution >= 0.6 is 0 Å². The molecule has 2 radical (unpaired) electrons. The molecule has 9 aromatic carbocycles. The third kappa shape index (κ3) is 8.29. The van der Waals surface area contributed by atoms with E-state index in [9.17, 15) is 14.4 Å². The molecule has 2 amide bonds. The summed E-state index contributed by atoms with van der Waals surface area (Å²) in [6.45, 7) is 8.50. The number of carbonyl (C=O) groups is 3. The van der Waals surface area contributed by atoms with Gasteiger partial charge in [0.05, 0.1) is 17.1 Å². The van der Waals surface area contributed by atoms with Gasteiger partial charge in [0.2, 0.25) is 7.98 Å². The molecule has 0 unspecified atom stereocenters. The fourth-order valence-corrected chi connectivity index (χ4v) is 13.2. The number of aromatic nitrogens is 1. The first-order chi connectivity index (χ1) is 40.0. The molecular weight excluding hydrogens is 1010 g/mol. The highest BCUT2D eigenvalue weighted by molar-refractivity contribution is 6.36. The van der Waals surface area contributed by atoms with Gasteiger partial charge in [0.15, 0.2) is 0 Å². The molecule has 0 saturated heterocycles. The average Bonchev–Trinajstić information content (AvgIpc) is 2.04. The molecule has 0 N–H and O–H groups in total. The zero-order valence-corrected chi connectivity index (χ0v) is 46.1. The van der Waals surface area contributed by atoms with Crippen LogP contribution in [0.5, 0.6) is 5.75 Å². The highest BCUT2D eigenvalue weighted by atomic mass is 16.5. The van der Waals surface area contributed by atoms with Gasteiger partial charge in [-0.25, -0.2) is 9.89 Å². The molecule has 0 bridgehead atoms. The van der Waals surface area contributed by atoms with Crippen molar-refractivity contribution in [3.8, 4) is 28.1 Å². The minimum absolute atomic E-state index is 0.200. The van der Waals surface area contributed by atoms with Gasteiger partial charge in [0, 0.05) is 80.9 Å². The van der Waals surface area contributed by atoms with Crippen molar-refractivity contribution in [3.63, 3.8) is 0 Å². The Hall–Kier alpha value is -9.86. The first-order valence-corrected chi connectivity index (χ1v) is 28.1. The molecule has 0 atom stereocenters. The Morgan fingerprint density at radius 1 is 0.610 bits per heavy atom. The van der Waals surface area contributed by atoms with Gasteiger partial charge in [-0.05, 0) is 185 Å². The number of benzene rings is 9. The number of imide groups is 1. The maximum atomic E-state index is 14.4. The van der Waals surface area contributed by atoms with Crippen LogP contribution in [0.1, 0.15) is 96.2 Å². The number of nitrogens with zero attached hydrogens (tertiary/aromatic N) is 4. The van der Waals surface area contributed by atoms with Crippen molar-refractivity contribution >= 4 is 70.6 Å². The highest BCUT2D eigenvalue weighted by Crippen LogP contribution is 2.49. The molecule has 2 aliphatic heterocycles. The van der Waals surface area contributed by atoms with E-state index in [0.717, 1.165) is 114 Å². The number of hydrogen-bond acceptors (Lipinski definition) is 6. The van der Waals surface area contributed by atoms with E-state index >= 15 is 0 Å². The van der Waals surface area contributed by atoms with E-state index in [1.807, 2.05) is 102 Å². The number of amides is 2. The third-order valence-corrected chi connectivity index (χ3v) is 17.0. The van der Waals surface area contributed by atoms with Crippen molar-refractivity contribution in [1.29, 1.82) is 0 Å². The van der Waals surface area contributed by atoms with E-state index in [1.54, 1.807) is 6.07 Å². The van der Waals surface area contributed by atoms with E-state index < -0.39 is 0 Å². The van der Waals surface area contributed by atoms with E-state index in [-0.39, 0.29) is 24.2 Å². The normalized spacial score (nSPS) is 14.4. The van der Waals surface area contributed by atoms with E-state index in [4.69, 9.17) is 17.7 Å². The molecule has 8 nitrogen and oxygen atoms in total. The van der Waals surface area contributed by atoms with Crippen molar-refractivity contribution in [2.45, 2.75) is 59.8 Å². The summed E-state index contributed by atoms with van der Waals surface area (Å²) in [6.07, 6.45) is 2.99. The molecule has 2 aliphatic carbocycles. The number of allylic oxidation sites excluding steroid dienone is 2. The second kappa shape index (κ2) is 20.0. The van der Waals surface area contributed by atoms with Crippen molar-refractivity contribution in [2.24, 2.45) is 4.99 Å². The summed E-state index contributed by atoms with van der Waals surface area (Å²) >= 11 is 0. The van der Waals surface area contributed by atoms with Crippen molar-refractivity contribution in [1.82, 2.24) is 4.48 Å². The summed E-state index contributed by atoms with van der Waals surface area (Å²) in [5.74, 6) is -0.579. The predicted octanol–water partition coefficient (Wildman–Crippen LogP) is 16.1. The summed E-state index contributed by atoms with van der Waals surface area (Å²) in [5.41, 5.74) is 24.9. The number of fused-ring (bicyclic) bond motifs is 6. The lowest BCUT2D eigenvalue weighted by Gasteiger charge is -2.28. The topological polar surface area (TPSA) is 84.2 Å². The van der Waals surface area contributed by atoms with Gasteiger partial charge in [-0.15, -0.1) is 0 Å². The predicted molar refractivity (Wildman–Crippen MR) is 330 cm³/mol. The van der Waals surface area contributed by atoms with Crippen LogP contribution in [0, 0.1) is 20.8 Å². The zero-order valence-electron chi connectivity index (χ0n) is 46.1. The number of para-hydroxylation sites is 2. The SMILES string of the molecule is [B]n1c(/C(=C2\N=C3C(=C2C)Cc2ccccc23)c2c(C)cc(OC(=O)CCCc3ccc(N4C(=O)c5cccc6c(-c7ccc(N(c8ccccc8)c8ccccc8)cc7)ccc(c56)C4=O)cc3)cc2C)c(C)c2c1-c1ccccc1C2. The fourth-order valence-electron chi connectivity index (χ4n) is 13.2. The zero-order chi connectivity index (χ0) is 55.9. The summed E-state index contributed by atoms with van der Waals surface area (Å²) in [5, 5.41) is 1.50. The fraction of sp³-hybridized carbons (Fsp3) is 0.123. The van der Waals surface area contributed by atoms with Crippen LogP contribution in [-0.2, 0) is 24.1 Å². The highest BCUT2D eigenvalue weighted by Gasteiger charge is 2.37. The van der Waals surface area contributed by atoms with Crippen molar-refractivity contribution < 1.29 is 19.1 Å². The van der Waals surface area contributed by atoms with Gasteiger partial charge in [-0.1, -0.05) is 127 Å². The number of hydrogen-bond donors (Lipinski definition) is 0. The molecule has 82 heavy (non-hydrogen) atoms. The van der Waals surface area contributed by atoms with E-state index in [0.29, 0.717) is 40.8 Å². The van der Waals surface area contributed by atoms with Gasteiger partial charge < -0.3 is 14.1 Å². The van der Waals surface area contributed by atoms with Gasteiger partial charge in [-0.2, -0.15) is 0 Å². The molecule has 0 fully saturated rings. The number of ether oxygens (including phenoxy) is 1. The summed E-state index contributed by atoms with van der Waals surface area (Å²) < 4.78 is 7.97. The minimum atomic E-state index is -0.370. The molecule has 14 rings (SSSR count). The van der Waals surface area contributed by atoms with E-state index in [2.05, 4.69) is 130 Å². The van der Waals surface area contributed by atoms with Gasteiger partial charge in [0.1, 0.15) is 5.75 Å². The molecule has 0 saturated carbocycles. The standard InChI is InChI=1S/C73H55BN4O4/c1-43-39-55(40-44(2)65(43)67(68-45(3)62-41-49-18-11-13-24-57(49)69(62)75-68)70-46(4)63-42-50-19-12-14-25-58(50)71(63)78(70)74)82-64(79)28-15-17-47-29-33-54(34-30-47)77-72(80)60-27-16-26-59-56(37-38-61(66(59)60)73(77)81)48-31-35-53(36-32-48)76(51-20-7-5-8-21-51)52-22-9-6-10-23-52/h5-14,16,18-27,29-40H,15,17,28,41-42H2,1-4H3/b68-67-. The molecule has 10 aromatic rings. The Kier molecular flexibility index (Phi) is 12.3. The smallest absolute Gasteiger partial charge is 0.311 e. The lowest BCUT2D eigenvalue weighted by Crippen LogP contribution is -2.40. The van der Waals surface area contributed by atoms with Crippen LogP contribution in [0.4, 0.5) is 22.7 Å². The molecular formula is C73H55BN4O4. The van der Waals surface area contributed by atoms with Gasteiger partial charge in [-0.3, -0.25) is 14.4 Å². The number of aliphatic imine (C=N–C) groups is 1. The maximum Gasteiger partial charge on any atom is 0.311 e. The van der Waals surface area contributed by atoms with Crippen molar-refractivity contribution in [3.05, 3.63) is 284 Å². The van der Waals surface area contributed by atoms with Crippen LogP contribution in [0.15, 0.2) is 222 Å². The van der Waals surface area contributed by atoms with Crippen LogP contribution in [-0.4, -0.2) is 36.0 Å². The average molecular weight is 1060 g/mol. The summed E-state index contributed by atoms with van der Waals surface area (Å²) in [4.78, 5) is 51.3. The number of esters is 1. The largest absolute Gasteiger partial charge is 0.427 e. The van der Waals surface area contributed by atoms with E-state index in [1.165, 1.54) is 32.7 Å². The Morgan fingerprint density at radius 3 is 1.88 bits per heavy atom. The molecule has 4 aliphatic rings. The third-order valence-electron chi connectivity index (χ3n) is 17.0. The minimum Gasteiger partial charge on any atom is -0.427 e. The molecule has 9 heteroatoms. The molecule has 3 heterocycles. The number of carbonyl (C=O) groups excluding carboxylic acids is 3. The second-order valence-electron chi connectivity index (χ2n) is 21.9. The summed E-state index contributed by atoms with van der Waals surface area (Å²) in [7, 11) is 7.25. The Balaban J connectivity index is 0.672. The number of aryl methyl sites for hydroxylation is 3. The maximum absolute atomic E-state index is 14.4. The van der Waals surface area contributed by atoms with Crippen LogP contribution in [0.25, 0.3) is 38.7 Å². The lowest BCUT2D eigenvalue weighted by molar-refractivity contribution is -0.134. The van der Waals surface area contributed by atoms with Crippen LogP contribution < -0.4 is 14.5 Å². The van der Waals surface area contributed by atoms with Crippen LogP contribution in [0.2, 0.25) is 0 Å². The monoisotopic (exact) mass is 1060 g/mol. The van der Waals surface area contributed by atoms with Gasteiger partial charge >= 0.3 is 5.97 Å². The number of rotatable bonds is 12. The Bertz CT molecular complexity index is 4350. The first kappa shape index (κ1) is 50.4. The summed E-state index contributed by atoms with van der Waals surface area (Å²) in [6, 6.07) is 66.8. The lowest BCUT2D eigenvalue weighted by atomic mass is 9.87. The van der Waals surface area contributed by atoms with Gasteiger partial charge in [0.25, 0.3) is 11.8 Å². The Labute approximate surface area is 478 Å². The first-order valence-electron chi connectivity index (χ1n) is 28.1. The molecule has 0 spiro atoms. The number of anilines is 4. The Morgan fingerprint density at radius 2 is 1.20 bits per heavy atom. The molecule has 1 aromatic heterocycles. The van der Waals surface area contributed by atoms with Crippen LogP contribution in [0.3, 0.4) is 0 Å².